The molecule has 0 saturated heterocycles. The molecule has 94 valence electrons. The highest BCUT2D eigenvalue weighted by Gasteiger charge is 2.16. The fourth-order valence-corrected chi connectivity index (χ4v) is 1.95. The summed E-state index contributed by atoms with van der Waals surface area (Å²) < 4.78 is 4.69. The summed E-state index contributed by atoms with van der Waals surface area (Å²) in [4.78, 5) is 22.7. The van der Waals surface area contributed by atoms with E-state index in [0.717, 1.165) is 12.0 Å². The van der Waals surface area contributed by atoms with E-state index in [9.17, 15) is 9.59 Å². The number of hydrogen-bond acceptors (Lipinski definition) is 3. The van der Waals surface area contributed by atoms with E-state index in [1.165, 1.54) is 6.08 Å². The third-order valence-corrected chi connectivity index (χ3v) is 2.98. The van der Waals surface area contributed by atoms with Gasteiger partial charge in [0.2, 0.25) is 0 Å². The highest BCUT2D eigenvalue weighted by molar-refractivity contribution is 6.31. The van der Waals surface area contributed by atoms with Crippen LogP contribution in [-0.4, -0.2) is 18.5 Å². The predicted molar refractivity (Wildman–Crippen MR) is 67.3 cm³/mol. The van der Waals surface area contributed by atoms with E-state index in [2.05, 4.69) is 5.32 Å². The lowest BCUT2D eigenvalue weighted by molar-refractivity contribution is -0.134. The monoisotopic (exact) mass is 265 g/mol. The van der Waals surface area contributed by atoms with E-state index in [0.29, 0.717) is 16.3 Å². The molecule has 1 aliphatic rings. The van der Waals surface area contributed by atoms with Gasteiger partial charge in [-0.2, -0.15) is 0 Å². The molecule has 1 aliphatic heterocycles. The number of aryl methyl sites for hydroxylation is 1. The Bertz CT molecular complexity index is 537. The molecule has 0 aromatic heterocycles. The number of carbonyl (C=O) groups excluding carboxylic acids is 2. The first-order chi connectivity index (χ1) is 8.60. The topological polar surface area (TPSA) is 55.4 Å². The Morgan fingerprint density at radius 1 is 1.50 bits per heavy atom. The number of carbonyl (C=O) groups is 2. The van der Waals surface area contributed by atoms with Gasteiger partial charge >= 0.3 is 5.97 Å². The molecule has 1 aromatic carbocycles. The van der Waals surface area contributed by atoms with Crippen LogP contribution in [0.2, 0.25) is 5.02 Å². The maximum absolute atomic E-state index is 11.9. The standard InChI is InChI=1S/C13H12ClNO3/c1-2-8-3-4-9(5-11(8)14)13(17)15-10-6-12(16)18-7-10/h3-6H,2,7H2,1H3,(H,15,17). The Labute approximate surface area is 110 Å². The van der Waals surface area contributed by atoms with Gasteiger partial charge in [-0.15, -0.1) is 0 Å². The highest BCUT2D eigenvalue weighted by atomic mass is 35.5. The van der Waals surface area contributed by atoms with Crippen LogP contribution in [0.15, 0.2) is 30.0 Å². The fourth-order valence-electron chi connectivity index (χ4n) is 1.64. The molecule has 0 fully saturated rings. The Morgan fingerprint density at radius 2 is 2.28 bits per heavy atom. The zero-order valence-corrected chi connectivity index (χ0v) is 10.6. The minimum Gasteiger partial charge on any atom is -0.456 e. The maximum atomic E-state index is 11.9. The van der Waals surface area contributed by atoms with Crippen LogP contribution in [0.1, 0.15) is 22.8 Å². The molecular formula is C13H12ClNO3. The molecule has 0 aliphatic carbocycles. The number of hydrogen-bond donors (Lipinski definition) is 1. The summed E-state index contributed by atoms with van der Waals surface area (Å²) in [7, 11) is 0. The van der Waals surface area contributed by atoms with Gasteiger partial charge in [-0.25, -0.2) is 4.79 Å². The van der Waals surface area contributed by atoms with E-state index in [4.69, 9.17) is 16.3 Å². The third kappa shape index (κ3) is 2.71. The van der Waals surface area contributed by atoms with E-state index >= 15 is 0 Å². The van der Waals surface area contributed by atoms with Crippen LogP contribution in [0, 0.1) is 0 Å². The summed E-state index contributed by atoms with van der Waals surface area (Å²) in [6.07, 6.45) is 2.08. The van der Waals surface area contributed by atoms with Crippen LogP contribution in [0.25, 0.3) is 0 Å². The molecule has 18 heavy (non-hydrogen) atoms. The summed E-state index contributed by atoms with van der Waals surface area (Å²) in [6, 6.07) is 5.15. The lowest BCUT2D eigenvalue weighted by Gasteiger charge is -2.07. The van der Waals surface area contributed by atoms with Crippen molar-refractivity contribution in [2.75, 3.05) is 6.61 Å². The molecule has 0 unspecified atom stereocenters. The summed E-state index contributed by atoms with van der Waals surface area (Å²) in [5, 5.41) is 3.18. The number of esters is 1. The summed E-state index contributed by atoms with van der Waals surface area (Å²) in [6.45, 7) is 2.10. The van der Waals surface area contributed by atoms with E-state index in [-0.39, 0.29) is 12.5 Å². The average molecular weight is 266 g/mol. The second-order valence-electron chi connectivity index (χ2n) is 3.89. The largest absolute Gasteiger partial charge is 0.456 e. The quantitative estimate of drug-likeness (QED) is 0.852. The number of ether oxygens (including phenoxy) is 1. The van der Waals surface area contributed by atoms with E-state index in [1.54, 1.807) is 12.1 Å². The van der Waals surface area contributed by atoms with Crippen LogP contribution in [0.5, 0.6) is 0 Å². The van der Waals surface area contributed by atoms with Crippen LogP contribution in [0.4, 0.5) is 0 Å². The summed E-state index contributed by atoms with van der Waals surface area (Å²) >= 11 is 6.04. The van der Waals surface area contributed by atoms with E-state index < -0.39 is 5.97 Å². The van der Waals surface area contributed by atoms with Crippen molar-refractivity contribution >= 4 is 23.5 Å². The molecule has 0 radical (unpaired) electrons. The Balaban J connectivity index is 2.12. The number of benzene rings is 1. The molecule has 1 aromatic rings. The summed E-state index contributed by atoms with van der Waals surface area (Å²) in [5.74, 6) is -0.742. The van der Waals surface area contributed by atoms with Gasteiger partial charge in [-0.3, -0.25) is 4.79 Å². The molecule has 0 bridgehead atoms. The molecular weight excluding hydrogens is 254 g/mol. The molecule has 4 nitrogen and oxygen atoms in total. The summed E-state index contributed by atoms with van der Waals surface area (Å²) in [5.41, 5.74) is 1.91. The lowest BCUT2D eigenvalue weighted by atomic mass is 10.1. The van der Waals surface area contributed by atoms with Crippen molar-refractivity contribution in [1.29, 1.82) is 0 Å². The van der Waals surface area contributed by atoms with Gasteiger partial charge in [-0.1, -0.05) is 24.6 Å². The van der Waals surface area contributed by atoms with Gasteiger partial charge in [0.25, 0.3) is 5.91 Å². The molecule has 0 atom stereocenters. The second kappa shape index (κ2) is 5.23. The predicted octanol–water partition coefficient (Wildman–Crippen LogP) is 2.07. The normalized spacial score (nSPS) is 14.1. The van der Waals surface area contributed by atoms with Gasteiger partial charge in [0.15, 0.2) is 0 Å². The molecule has 0 saturated carbocycles. The van der Waals surface area contributed by atoms with Gasteiger partial charge in [0, 0.05) is 16.7 Å². The molecule has 1 N–H and O–H groups in total. The zero-order chi connectivity index (χ0) is 13.1. The molecule has 1 amide bonds. The van der Waals surface area contributed by atoms with Crippen molar-refractivity contribution in [2.45, 2.75) is 13.3 Å². The number of cyclic esters (lactones) is 1. The van der Waals surface area contributed by atoms with Gasteiger partial charge in [0.1, 0.15) is 6.61 Å². The van der Waals surface area contributed by atoms with Crippen molar-refractivity contribution in [1.82, 2.24) is 5.32 Å². The van der Waals surface area contributed by atoms with Crippen molar-refractivity contribution < 1.29 is 14.3 Å². The molecule has 1 heterocycles. The third-order valence-electron chi connectivity index (χ3n) is 2.63. The zero-order valence-electron chi connectivity index (χ0n) is 9.83. The number of rotatable bonds is 3. The minimum absolute atomic E-state index is 0.103. The molecule has 0 spiro atoms. The van der Waals surface area contributed by atoms with Crippen LogP contribution < -0.4 is 5.32 Å². The Hall–Kier alpha value is -1.81. The SMILES string of the molecule is CCc1ccc(C(=O)NC2=CC(=O)OC2)cc1Cl. The smallest absolute Gasteiger partial charge is 0.333 e. The van der Waals surface area contributed by atoms with Crippen molar-refractivity contribution in [2.24, 2.45) is 0 Å². The first-order valence-corrected chi connectivity index (χ1v) is 5.95. The number of amides is 1. The average Bonchev–Trinajstić information content (AvgIpc) is 2.74. The number of halogens is 1. The van der Waals surface area contributed by atoms with E-state index in [1.807, 2.05) is 13.0 Å². The first kappa shape index (κ1) is 12.6. The Kier molecular flexibility index (Phi) is 3.67. The van der Waals surface area contributed by atoms with Crippen LogP contribution >= 0.6 is 11.6 Å². The van der Waals surface area contributed by atoms with Crippen molar-refractivity contribution in [3.63, 3.8) is 0 Å². The van der Waals surface area contributed by atoms with Gasteiger partial charge < -0.3 is 10.1 Å². The van der Waals surface area contributed by atoms with Gasteiger partial charge in [0.05, 0.1) is 5.70 Å². The van der Waals surface area contributed by atoms with Crippen molar-refractivity contribution in [3.8, 4) is 0 Å². The molecule has 2 rings (SSSR count). The lowest BCUT2D eigenvalue weighted by Crippen LogP contribution is -2.23. The van der Waals surface area contributed by atoms with Crippen LogP contribution in [0.3, 0.4) is 0 Å². The highest BCUT2D eigenvalue weighted by Crippen LogP contribution is 2.18. The van der Waals surface area contributed by atoms with Crippen molar-refractivity contribution in [3.05, 3.63) is 46.1 Å². The minimum atomic E-state index is -0.440. The van der Waals surface area contributed by atoms with Crippen LogP contribution in [-0.2, 0) is 16.0 Å². The molecule has 5 heteroatoms. The van der Waals surface area contributed by atoms with Gasteiger partial charge in [-0.05, 0) is 24.1 Å². The Morgan fingerprint density at radius 3 is 2.83 bits per heavy atom. The number of nitrogens with one attached hydrogen (secondary N) is 1. The maximum Gasteiger partial charge on any atom is 0.333 e. The first-order valence-electron chi connectivity index (χ1n) is 5.57. The second-order valence-corrected chi connectivity index (χ2v) is 4.30. The fraction of sp³-hybridized carbons (Fsp3) is 0.231.